The van der Waals surface area contributed by atoms with Crippen LogP contribution in [0.1, 0.15) is 75.9 Å². The van der Waals surface area contributed by atoms with E-state index in [0.29, 0.717) is 18.7 Å². The van der Waals surface area contributed by atoms with Crippen LogP contribution in [0.5, 0.6) is 5.75 Å². The molecule has 0 atom stereocenters. The predicted octanol–water partition coefficient (Wildman–Crippen LogP) is 7.61. The first-order valence-corrected chi connectivity index (χ1v) is 12.5. The lowest BCUT2D eigenvalue weighted by molar-refractivity contribution is 0.0952. The predicted molar refractivity (Wildman–Crippen MR) is 144 cm³/mol. The molecule has 1 N–H and O–H groups in total. The Morgan fingerprint density at radius 1 is 0.794 bits per heavy atom. The van der Waals surface area contributed by atoms with Crippen molar-refractivity contribution in [3.05, 3.63) is 77.4 Å². The quantitative estimate of drug-likeness (QED) is 0.334. The van der Waals surface area contributed by atoms with Gasteiger partial charge in [0, 0.05) is 12.1 Å². The van der Waals surface area contributed by atoms with Crippen molar-refractivity contribution in [1.82, 2.24) is 5.32 Å². The number of ether oxygens (including phenoxy) is 1. The minimum atomic E-state index is -0.0198. The molecule has 1 amide bonds. The van der Waals surface area contributed by atoms with E-state index in [1.54, 1.807) is 0 Å². The highest BCUT2D eigenvalue weighted by Crippen LogP contribution is 2.31. The summed E-state index contributed by atoms with van der Waals surface area (Å²) in [6.07, 6.45) is 3.83. The van der Waals surface area contributed by atoms with Crippen molar-refractivity contribution in [3.63, 3.8) is 0 Å². The van der Waals surface area contributed by atoms with Crippen LogP contribution in [-0.4, -0.2) is 19.1 Å². The summed E-state index contributed by atoms with van der Waals surface area (Å²) in [7, 11) is 0. The molecule has 0 saturated heterocycles. The Bertz CT molecular complexity index is 1100. The van der Waals surface area contributed by atoms with Crippen LogP contribution >= 0.6 is 0 Å². The third-order valence-corrected chi connectivity index (χ3v) is 5.71. The molecular formula is C31H41NO2. The van der Waals surface area contributed by atoms with E-state index in [2.05, 4.69) is 71.1 Å². The van der Waals surface area contributed by atoms with Crippen molar-refractivity contribution in [2.75, 3.05) is 13.2 Å². The number of carbonyl (C=O) groups excluding carboxylic acids is 1. The maximum absolute atomic E-state index is 12.5. The first-order chi connectivity index (χ1) is 16.0. The van der Waals surface area contributed by atoms with Gasteiger partial charge in [-0.1, -0.05) is 84.0 Å². The monoisotopic (exact) mass is 459 g/mol. The number of rotatable bonds is 9. The Hall–Kier alpha value is -2.81. The van der Waals surface area contributed by atoms with Crippen molar-refractivity contribution < 1.29 is 9.53 Å². The molecule has 3 nitrogen and oxygen atoms in total. The van der Waals surface area contributed by atoms with Crippen LogP contribution in [0.25, 0.3) is 10.8 Å². The number of amides is 1. The Labute approximate surface area is 205 Å². The Morgan fingerprint density at radius 2 is 1.50 bits per heavy atom. The summed E-state index contributed by atoms with van der Waals surface area (Å²) in [6, 6.07) is 20.6. The van der Waals surface area contributed by atoms with Crippen LogP contribution in [0.4, 0.5) is 0 Å². The van der Waals surface area contributed by atoms with Gasteiger partial charge in [0.1, 0.15) is 5.75 Å². The van der Waals surface area contributed by atoms with Gasteiger partial charge in [0.05, 0.1) is 6.61 Å². The summed E-state index contributed by atoms with van der Waals surface area (Å²) in [4.78, 5) is 12.5. The fourth-order valence-corrected chi connectivity index (χ4v) is 4.25. The van der Waals surface area contributed by atoms with Crippen LogP contribution in [0.3, 0.4) is 0 Å². The molecule has 0 aliphatic rings. The minimum absolute atomic E-state index is 0.0198. The smallest absolute Gasteiger partial charge is 0.251 e. The van der Waals surface area contributed by atoms with E-state index < -0.39 is 0 Å². The lowest BCUT2D eigenvalue weighted by Crippen LogP contribution is -2.24. The summed E-state index contributed by atoms with van der Waals surface area (Å²) >= 11 is 0. The minimum Gasteiger partial charge on any atom is -0.493 e. The Balaban J connectivity index is 1.49. The third-order valence-electron chi connectivity index (χ3n) is 5.71. The van der Waals surface area contributed by atoms with Crippen LogP contribution in [0.2, 0.25) is 0 Å². The molecule has 0 heterocycles. The van der Waals surface area contributed by atoms with Crippen LogP contribution < -0.4 is 10.1 Å². The maximum atomic E-state index is 12.5. The molecule has 3 aromatic carbocycles. The van der Waals surface area contributed by atoms with Crippen molar-refractivity contribution in [3.8, 4) is 5.75 Å². The van der Waals surface area contributed by atoms with Crippen LogP contribution in [-0.2, 0) is 12.8 Å². The highest BCUT2D eigenvalue weighted by atomic mass is 16.5. The Morgan fingerprint density at radius 3 is 2.21 bits per heavy atom. The molecule has 34 heavy (non-hydrogen) atoms. The number of hydrogen-bond donors (Lipinski definition) is 1. The van der Waals surface area contributed by atoms with E-state index in [1.165, 1.54) is 11.1 Å². The van der Waals surface area contributed by atoms with Gasteiger partial charge in [-0.05, 0) is 76.6 Å². The normalized spacial score (nSPS) is 12.1. The molecule has 0 saturated carbocycles. The van der Waals surface area contributed by atoms with Crippen molar-refractivity contribution in [2.24, 2.45) is 10.8 Å². The van der Waals surface area contributed by atoms with Gasteiger partial charge in [0.2, 0.25) is 0 Å². The summed E-state index contributed by atoms with van der Waals surface area (Å²) in [5.74, 6) is 0.973. The van der Waals surface area contributed by atoms with Gasteiger partial charge in [0.25, 0.3) is 5.91 Å². The molecule has 3 heteroatoms. The summed E-state index contributed by atoms with van der Waals surface area (Å²) in [5.41, 5.74) is 3.83. The number of unbranched alkanes of at least 4 members (excludes halogenated alkanes) is 1. The van der Waals surface area contributed by atoms with Crippen molar-refractivity contribution in [1.29, 1.82) is 0 Å². The van der Waals surface area contributed by atoms with E-state index in [9.17, 15) is 4.79 Å². The first kappa shape index (κ1) is 25.8. The molecule has 0 aliphatic heterocycles. The highest BCUT2D eigenvalue weighted by molar-refractivity contribution is 5.98. The van der Waals surface area contributed by atoms with Crippen LogP contribution in [0.15, 0.2) is 60.7 Å². The van der Waals surface area contributed by atoms with Gasteiger partial charge < -0.3 is 10.1 Å². The number of nitrogens with one attached hydrogen (secondary N) is 1. The molecule has 0 radical (unpaired) electrons. The largest absolute Gasteiger partial charge is 0.493 e. The molecule has 0 aliphatic carbocycles. The zero-order valence-electron chi connectivity index (χ0n) is 21.8. The molecule has 0 unspecified atom stereocenters. The average Bonchev–Trinajstić information content (AvgIpc) is 2.74. The van der Waals surface area contributed by atoms with E-state index in [1.807, 2.05) is 36.4 Å². The second-order valence-electron chi connectivity index (χ2n) is 11.8. The number of hydrogen-bond acceptors (Lipinski definition) is 2. The van der Waals surface area contributed by atoms with E-state index in [-0.39, 0.29) is 16.7 Å². The lowest BCUT2D eigenvalue weighted by Gasteiger charge is -2.23. The molecule has 3 aromatic rings. The molecule has 0 bridgehead atoms. The molecule has 3 rings (SSSR count). The second-order valence-corrected chi connectivity index (χ2v) is 11.8. The van der Waals surface area contributed by atoms with Gasteiger partial charge in [-0.3, -0.25) is 4.79 Å². The van der Waals surface area contributed by atoms with Crippen LogP contribution in [0, 0.1) is 10.8 Å². The van der Waals surface area contributed by atoms with Gasteiger partial charge in [0.15, 0.2) is 0 Å². The van der Waals surface area contributed by atoms with Crippen molar-refractivity contribution >= 4 is 16.7 Å². The van der Waals surface area contributed by atoms with Gasteiger partial charge in [-0.15, -0.1) is 0 Å². The average molecular weight is 460 g/mol. The first-order valence-electron chi connectivity index (χ1n) is 12.5. The summed E-state index contributed by atoms with van der Waals surface area (Å²) in [5, 5.41) is 5.27. The molecular weight excluding hydrogens is 418 g/mol. The van der Waals surface area contributed by atoms with Gasteiger partial charge >= 0.3 is 0 Å². The Kier molecular flexibility index (Phi) is 8.41. The standard InChI is InChI=1S/C31H41NO2/c1-30(2,3)21-23-13-16-28(27(19-23)22-31(4,5)6)34-18-10-9-17-32-29(33)26-15-14-24-11-7-8-12-25(24)20-26/h7-8,11-16,19-20H,9-10,17-18,21-22H2,1-6H3,(H,32,33). The molecule has 182 valence electrons. The summed E-state index contributed by atoms with van der Waals surface area (Å²) < 4.78 is 6.20. The number of benzene rings is 3. The molecule has 0 fully saturated rings. The van der Waals surface area contributed by atoms with E-state index >= 15 is 0 Å². The zero-order chi connectivity index (χ0) is 24.8. The van der Waals surface area contributed by atoms with Gasteiger partial charge in [-0.2, -0.15) is 0 Å². The van der Waals surface area contributed by atoms with Gasteiger partial charge in [-0.25, -0.2) is 0 Å². The number of fused-ring (bicyclic) bond motifs is 1. The zero-order valence-corrected chi connectivity index (χ0v) is 21.8. The molecule has 0 spiro atoms. The maximum Gasteiger partial charge on any atom is 0.251 e. The number of carbonyl (C=O) groups is 1. The highest BCUT2D eigenvalue weighted by Gasteiger charge is 2.18. The topological polar surface area (TPSA) is 38.3 Å². The fourth-order valence-electron chi connectivity index (χ4n) is 4.25. The van der Waals surface area contributed by atoms with Crippen molar-refractivity contribution in [2.45, 2.75) is 67.2 Å². The van der Waals surface area contributed by atoms with E-state index in [4.69, 9.17) is 4.74 Å². The van der Waals surface area contributed by atoms with E-state index in [0.717, 1.165) is 42.2 Å². The third kappa shape index (κ3) is 8.20. The summed E-state index contributed by atoms with van der Waals surface area (Å²) in [6.45, 7) is 14.9. The fraction of sp³-hybridized carbons (Fsp3) is 0.452. The molecule has 0 aromatic heterocycles. The SMILES string of the molecule is CC(C)(C)Cc1ccc(OCCCCNC(=O)c2ccc3ccccc3c2)c(CC(C)(C)C)c1. The lowest BCUT2D eigenvalue weighted by atomic mass is 9.84. The second kappa shape index (κ2) is 11.1.